The Labute approximate surface area is 336 Å². The molecular weight excluding hydrogens is 718 g/mol. The van der Waals surface area contributed by atoms with Crippen molar-refractivity contribution < 1.29 is 13.9 Å². The number of carbonyl (C=O) groups excluding carboxylic acids is 1. The molecule has 2 aromatic heterocycles. The number of benzene rings is 2. The molecule has 0 spiro atoms. The van der Waals surface area contributed by atoms with Crippen molar-refractivity contribution in [1.82, 2.24) is 25.0 Å². The number of Topliss-reactive ketones (excluding diaryl/α,β-unsaturated/α-hetero) is 1. The Morgan fingerprint density at radius 2 is 1.82 bits per heavy atom. The van der Waals surface area contributed by atoms with Gasteiger partial charge in [0.05, 0.1) is 29.1 Å². The molecule has 0 bridgehead atoms. The van der Waals surface area contributed by atoms with Crippen molar-refractivity contribution in [2.45, 2.75) is 135 Å². The van der Waals surface area contributed by atoms with Gasteiger partial charge < -0.3 is 15.4 Å². The molecule has 4 aliphatic rings. The Hall–Kier alpha value is -4.12. The maximum Gasteiger partial charge on any atom is 0.272 e. The lowest BCUT2D eigenvalue weighted by molar-refractivity contribution is -0.120. The standard InChI is InChI=1S/C46H62FN7O3/c1-4-29-13-18-35-30(11-10-12-34(55)25-29)21-22-46(2)37(35)19-20-39(46)57-24-9-7-5-6-8-23-48-33-16-14-31(15-17-33)42-41(44-49-28-50-54(44)3)43-40-36(45(56)53-52-43)26-32(47)27-38(40)51-42/h14-17,26-30,35,37,39,41-42,48,51H,4-13,18-25H2,1-3H3,(H,53,56)/t29-,30-,35+,37-,39-,41?,42+,46-/m0/s1. The van der Waals surface area contributed by atoms with Crippen LogP contribution in [0.5, 0.6) is 0 Å². The van der Waals surface area contributed by atoms with Gasteiger partial charge in [-0.05, 0) is 123 Å². The van der Waals surface area contributed by atoms with Gasteiger partial charge in [0.1, 0.15) is 23.8 Å². The number of aryl methyl sites for hydroxylation is 1. The number of hydrogen-bond acceptors (Lipinski definition) is 8. The van der Waals surface area contributed by atoms with E-state index in [4.69, 9.17) is 4.74 Å². The molecule has 4 aromatic rings. The summed E-state index contributed by atoms with van der Waals surface area (Å²) in [6.45, 7) is 6.61. The molecular formula is C46H62FN7O3. The number of nitrogens with one attached hydrogen (secondary N) is 3. The minimum atomic E-state index is -0.479. The van der Waals surface area contributed by atoms with E-state index in [-0.39, 0.29) is 17.3 Å². The van der Waals surface area contributed by atoms with Crippen LogP contribution < -0.4 is 16.2 Å². The molecule has 11 heteroatoms. The summed E-state index contributed by atoms with van der Waals surface area (Å²) in [4.78, 5) is 29.7. The number of unbranched alkanes of at least 4 members (excludes halogenated alkanes) is 4. The molecule has 1 unspecified atom stereocenters. The van der Waals surface area contributed by atoms with Crippen LogP contribution in [0, 0.1) is 34.9 Å². The maximum atomic E-state index is 14.7. The highest BCUT2D eigenvalue weighted by atomic mass is 19.1. The number of H-pyrrole nitrogens is 1. The lowest BCUT2D eigenvalue weighted by Crippen LogP contribution is -2.44. The third kappa shape index (κ3) is 8.28. The van der Waals surface area contributed by atoms with Crippen LogP contribution >= 0.6 is 0 Å². The van der Waals surface area contributed by atoms with E-state index in [0.717, 1.165) is 80.7 Å². The lowest BCUT2D eigenvalue weighted by Gasteiger charge is -2.49. The zero-order chi connectivity index (χ0) is 39.5. The van der Waals surface area contributed by atoms with E-state index in [1.165, 1.54) is 82.7 Å². The van der Waals surface area contributed by atoms with E-state index in [2.05, 4.69) is 69.0 Å². The Kier molecular flexibility index (Phi) is 12.1. The molecule has 0 amide bonds. The fourth-order valence-electron chi connectivity index (χ4n) is 11.4. The van der Waals surface area contributed by atoms with Gasteiger partial charge in [0.15, 0.2) is 0 Å². The molecule has 3 fully saturated rings. The van der Waals surface area contributed by atoms with Crippen molar-refractivity contribution in [3.05, 3.63) is 76.0 Å². The number of fused-ring (bicyclic) bond motifs is 3. The van der Waals surface area contributed by atoms with Gasteiger partial charge in [-0.25, -0.2) is 14.5 Å². The van der Waals surface area contributed by atoms with Gasteiger partial charge in [-0.2, -0.15) is 10.2 Å². The van der Waals surface area contributed by atoms with Gasteiger partial charge in [0.2, 0.25) is 0 Å². The zero-order valence-corrected chi connectivity index (χ0v) is 34.2. The fraction of sp³-hybridized carbons (Fsp3) is 0.630. The maximum absolute atomic E-state index is 14.7. The van der Waals surface area contributed by atoms with Crippen molar-refractivity contribution in [2.24, 2.45) is 36.1 Å². The molecule has 3 heterocycles. The first-order valence-electron chi connectivity index (χ1n) is 22.0. The summed E-state index contributed by atoms with van der Waals surface area (Å²) in [7, 11) is 1.84. The van der Waals surface area contributed by atoms with Crippen LogP contribution in [0.1, 0.15) is 146 Å². The molecule has 306 valence electrons. The number of nitrogens with zero attached hydrogens (tertiary/aromatic N) is 4. The summed E-state index contributed by atoms with van der Waals surface area (Å²) in [5, 5.41) is 19.3. The average molecular weight is 780 g/mol. The van der Waals surface area contributed by atoms with Crippen molar-refractivity contribution >= 4 is 27.9 Å². The van der Waals surface area contributed by atoms with Crippen LogP contribution in [0.15, 0.2) is 47.5 Å². The molecule has 0 radical (unpaired) electrons. The van der Waals surface area contributed by atoms with E-state index in [1.54, 1.807) is 4.68 Å². The second kappa shape index (κ2) is 17.4. The molecule has 3 aliphatic carbocycles. The number of aromatic amines is 1. The number of ether oxygens (including phenoxy) is 1. The number of rotatable bonds is 13. The van der Waals surface area contributed by atoms with Gasteiger partial charge in [0.25, 0.3) is 5.56 Å². The number of ketones is 1. The molecule has 57 heavy (non-hydrogen) atoms. The predicted octanol–water partition coefficient (Wildman–Crippen LogP) is 9.63. The van der Waals surface area contributed by atoms with E-state index in [9.17, 15) is 14.0 Å². The van der Waals surface area contributed by atoms with Crippen LogP contribution in [-0.4, -0.2) is 50.0 Å². The van der Waals surface area contributed by atoms with E-state index in [1.807, 2.05) is 7.05 Å². The summed E-state index contributed by atoms with van der Waals surface area (Å²) >= 11 is 0. The molecule has 8 rings (SSSR count). The topological polar surface area (TPSA) is 127 Å². The monoisotopic (exact) mass is 779 g/mol. The fourth-order valence-corrected chi connectivity index (χ4v) is 11.4. The summed E-state index contributed by atoms with van der Waals surface area (Å²) in [6.07, 6.45) is 20.5. The van der Waals surface area contributed by atoms with Crippen LogP contribution in [0.25, 0.3) is 10.8 Å². The van der Waals surface area contributed by atoms with Crippen LogP contribution in [0.2, 0.25) is 0 Å². The smallest absolute Gasteiger partial charge is 0.272 e. The van der Waals surface area contributed by atoms with Gasteiger partial charge in [-0.1, -0.05) is 51.7 Å². The SMILES string of the molecule is CC[C@H]1CC[C@@H]2[C@@H](CCCC(=O)C1)CC[C@]1(C)[C@@H](OCCCCCCCNc3ccc([C@H]4Nc5cc(F)cc6c(=O)[nH]nc(c56)C4c4ncnn4C)cc3)CC[C@@H]21. The number of aromatic nitrogens is 5. The van der Waals surface area contributed by atoms with Gasteiger partial charge in [-0.3, -0.25) is 14.3 Å². The first-order chi connectivity index (χ1) is 27.7. The number of hydrogen-bond donors (Lipinski definition) is 3. The lowest BCUT2D eigenvalue weighted by atomic mass is 9.57. The quantitative estimate of drug-likeness (QED) is 0.115. The second-order valence-electron chi connectivity index (χ2n) is 18.0. The highest BCUT2D eigenvalue weighted by Gasteiger charge is 2.54. The van der Waals surface area contributed by atoms with Gasteiger partial charge in [-0.15, -0.1) is 0 Å². The first kappa shape index (κ1) is 39.7. The number of carbonyl (C=O) groups is 1. The largest absolute Gasteiger partial charge is 0.385 e. The number of anilines is 2. The second-order valence-corrected chi connectivity index (χ2v) is 18.0. The van der Waals surface area contributed by atoms with Crippen LogP contribution in [-0.2, 0) is 16.6 Å². The highest BCUT2D eigenvalue weighted by Crippen LogP contribution is 2.59. The minimum absolute atomic E-state index is 0.261. The van der Waals surface area contributed by atoms with Crippen LogP contribution in [0.4, 0.5) is 15.8 Å². The third-order valence-corrected chi connectivity index (χ3v) is 14.6. The molecule has 8 atom stereocenters. The van der Waals surface area contributed by atoms with Crippen molar-refractivity contribution in [3.8, 4) is 0 Å². The van der Waals surface area contributed by atoms with E-state index >= 15 is 0 Å². The van der Waals surface area contributed by atoms with Crippen molar-refractivity contribution in [3.63, 3.8) is 0 Å². The zero-order valence-electron chi connectivity index (χ0n) is 34.2. The number of halogens is 1. The molecule has 0 saturated heterocycles. The normalized spacial score (nSPS) is 28.8. The Morgan fingerprint density at radius 1 is 1.00 bits per heavy atom. The Balaban J connectivity index is 0.783. The minimum Gasteiger partial charge on any atom is -0.385 e. The summed E-state index contributed by atoms with van der Waals surface area (Å²) in [5.74, 6) is 3.34. The molecule has 3 saturated carbocycles. The van der Waals surface area contributed by atoms with Crippen molar-refractivity contribution in [2.75, 3.05) is 23.8 Å². The highest BCUT2D eigenvalue weighted by molar-refractivity contribution is 5.97. The van der Waals surface area contributed by atoms with E-state index in [0.29, 0.717) is 45.8 Å². The van der Waals surface area contributed by atoms with Crippen molar-refractivity contribution in [1.29, 1.82) is 0 Å². The summed E-state index contributed by atoms with van der Waals surface area (Å²) < 4.78 is 23.1. The van der Waals surface area contributed by atoms with Crippen LogP contribution in [0.3, 0.4) is 0 Å². The van der Waals surface area contributed by atoms with E-state index < -0.39 is 11.4 Å². The third-order valence-electron chi connectivity index (χ3n) is 14.6. The Bertz CT molecular complexity index is 2060. The molecule has 2 aromatic carbocycles. The predicted molar refractivity (Wildman–Crippen MR) is 223 cm³/mol. The molecule has 1 aliphatic heterocycles. The average Bonchev–Trinajstić information content (AvgIpc) is 3.79. The summed E-state index contributed by atoms with van der Waals surface area (Å²) in [6, 6.07) is 10.7. The van der Waals surface area contributed by atoms with Gasteiger partial charge in [0, 0.05) is 49.8 Å². The summed E-state index contributed by atoms with van der Waals surface area (Å²) in [5.41, 5.74) is 3.12. The first-order valence-corrected chi connectivity index (χ1v) is 22.0. The Morgan fingerprint density at radius 3 is 2.63 bits per heavy atom. The molecule has 3 N–H and O–H groups in total. The van der Waals surface area contributed by atoms with Gasteiger partial charge >= 0.3 is 0 Å². The molecule has 10 nitrogen and oxygen atoms in total.